The standard InChI is InChI=1S/C65H44N2S2/c1-65(2)53-19-7-6-18-47(53)48-35-32-44(38-54(48)65)64-50-37-34-45(66-55-20-8-12-24-59(55)68-60-25-13-9-21-56(60)66)39-51(50)63(43-30-28-42(29-31-43)41-16-4-3-5-17-41)49-36-33-46(40-52(49)64)67-57-22-10-14-26-61(57)69-62-27-15-11-23-58(62)67/h3-40H,1-2H3. The van der Waals surface area contributed by atoms with Crippen molar-refractivity contribution in [2.24, 2.45) is 0 Å². The number of anilines is 6. The largest absolute Gasteiger partial charge is 0.308 e. The Bertz CT molecular complexity index is 3800. The van der Waals surface area contributed by atoms with Crippen LogP contribution in [0.2, 0.25) is 0 Å². The Morgan fingerprint density at radius 1 is 0.304 bits per heavy atom. The molecule has 2 nitrogen and oxygen atoms in total. The number of nitrogens with zero attached hydrogens (tertiary/aromatic N) is 2. The fourth-order valence-corrected chi connectivity index (χ4v) is 13.5. The van der Waals surface area contributed by atoms with Crippen LogP contribution < -0.4 is 9.80 Å². The topological polar surface area (TPSA) is 6.48 Å². The summed E-state index contributed by atoms with van der Waals surface area (Å²) in [5, 5.41) is 4.89. The minimum atomic E-state index is -0.155. The molecule has 0 saturated carbocycles. The average molecular weight is 917 g/mol. The summed E-state index contributed by atoms with van der Waals surface area (Å²) >= 11 is 3.70. The molecule has 4 heteroatoms. The van der Waals surface area contributed by atoms with E-state index in [1.165, 1.54) is 120 Å². The zero-order chi connectivity index (χ0) is 45.8. The Kier molecular flexibility index (Phi) is 9.14. The first-order valence-electron chi connectivity index (χ1n) is 23.7. The van der Waals surface area contributed by atoms with Crippen LogP contribution in [0, 0.1) is 0 Å². The van der Waals surface area contributed by atoms with Crippen LogP contribution in [0.4, 0.5) is 34.1 Å². The van der Waals surface area contributed by atoms with Crippen molar-refractivity contribution in [1.82, 2.24) is 0 Å². The molecule has 0 N–H and O–H groups in total. The molecule has 0 saturated heterocycles. The van der Waals surface area contributed by atoms with Crippen molar-refractivity contribution in [3.63, 3.8) is 0 Å². The predicted molar refractivity (Wildman–Crippen MR) is 293 cm³/mol. The molecule has 0 unspecified atom stereocenters. The van der Waals surface area contributed by atoms with Crippen molar-refractivity contribution >= 4 is 79.2 Å². The predicted octanol–water partition coefficient (Wildman–Crippen LogP) is 19.2. The van der Waals surface area contributed by atoms with Crippen molar-refractivity contribution < 1.29 is 0 Å². The molecule has 0 radical (unpaired) electrons. The summed E-state index contributed by atoms with van der Waals surface area (Å²) in [5.41, 5.74) is 19.6. The fourth-order valence-electron chi connectivity index (χ4n) is 11.4. The fraction of sp³-hybridized carbons (Fsp3) is 0.0462. The summed E-state index contributed by atoms with van der Waals surface area (Å²) in [5.74, 6) is 0. The lowest BCUT2D eigenvalue weighted by Crippen LogP contribution is -2.15. The van der Waals surface area contributed by atoms with Crippen LogP contribution in [0.15, 0.2) is 250 Å². The zero-order valence-electron chi connectivity index (χ0n) is 38.2. The van der Waals surface area contributed by atoms with Gasteiger partial charge in [-0.1, -0.05) is 189 Å². The highest BCUT2D eigenvalue weighted by molar-refractivity contribution is 8.00. The molecule has 69 heavy (non-hydrogen) atoms. The van der Waals surface area contributed by atoms with E-state index in [-0.39, 0.29) is 5.41 Å². The van der Waals surface area contributed by atoms with Gasteiger partial charge in [0.25, 0.3) is 0 Å². The summed E-state index contributed by atoms with van der Waals surface area (Å²) < 4.78 is 0. The first-order chi connectivity index (χ1) is 34.0. The molecule has 2 heterocycles. The van der Waals surface area contributed by atoms with Gasteiger partial charge in [-0.15, -0.1) is 0 Å². The molecule has 0 amide bonds. The molecule has 3 aliphatic rings. The number of rotatable bonds is 5. The van der Waals surface area contributed by atoms with Crippen LogP contribution in [-0.4, -0.2) is 0 Å². The molecule has 11 aromatic rings. The SMILES string of the molecule is CC1(C)c2ccccc2-c2ccc(-c3c4ccc(N5c6ccccc6Sc6ccccc65)cc4c(-c4ccc(-c5ccccc5)cc4)c4ccc(N5c6ccccc6Sc6ccccc65)cc34)cc21. The molecule has 326 valence electrons. The van der Waals surface area contributed by atoms with Crippen LogP contribution in [0.1, 0.15) is 25.0 Å². The van der Waals surface area contributed by atoms with E-state index < -0.39 is 0 Å². The molecule has 1 aliphatic carbocycles. The lowest BCUT2D eigenvalue weighted by molar-refractivity contribution is 0.660. The summed E-state index contributed by atoms with van der Waals surface area (Å²) in [6, 6.07) is 86.0. The van der Waals surface area contributed by atoms with E-state index in [1.54, 1.807) is 0 Å². The lowest BCUT2D eigenvalue weighted by atomic mass is 9.80. The highest BCUT2D eigenvalue weighted by Gasteiger charge is 2.36. The minimum Gasteiger partial charge on any atom is -0.308 e. The van der Waals surface area contributed by atoms with Crippen LogP contribution in [0.25, 0.3) is 66.1 Å². The molecule has 0 spiro atoms. The lowest BCUT2D eigenvalue weighted by Gasteiger charge is -2.34. The van der Waals surface area contributed by atoms with E-state index in [4.69, 9.17) is 0 Å². The van der Waals surface area contributed by atoms with Gasteiger partial charge in [-0.3, -0.25) is 0 Å². The van der Waals surface area contributed by atoms with E-state index in [9.17, 15) is 0 Å². The minimum absolute atomic E-state index is 0.155. The van der Waals surface area contributed by atoms with Crippen LogP contribution in [0.5, 0.6) is 0 Å². The second-order valence-electron chi connectivity index (χ2n) is 18.8. The monoisotopic (exact) mass is 916 g/mol. The van der Waals surface area contributed by atoms with Crippen molar-refractivity contribution in [3.8, 4) is 44.5 Å². The molecule has 2 aliphatic heterocycles. The molecule has 0 fully saturated rings. The van der Waals surface area contributed by atoms with Gasteiger partial charge in [0.2, 0.25) is 0 Å². The summed E-state index contributed by atoms with van der Waals surface area (Å²) in [6.45, 7) is 4.78. The summed E-state index contributed by atoms with van der Waals surface area (Å²) in [6.07, 6.45) is 0. The molecule has 0 atom stereocenters. The van der Waals surface area contributed by atoms with Crippen molar-refractivity contribution in [3.05, 3.63) is 242 Å². The number of fused-ring (bicyclic) bond motifs is 9. The Morgan fingerprint density at radius 2 is 0.710 bits per heavy atom. The Labute approximate surface area is 411 Å². The van der Waals surface area contributed by atoms with Gasteiger partial charge in [0.1, 0.15) is 0 Å². The van der Waals surface area contributed by atoms with Gasteiger partial charge < -0.3 is 9.80 Å². The Morgan fingerprint density at radius 3 is 1.25 bits per heavy atom. The second kappa shape index (κ2) is 15.6. The molecular formula is C65H44N2S2. The molecule has 11 aromatic carbocycles. The van der Waals surface area contributed by atoms with E-state index in [0.29, 0.717) is 0 Å². The molecule has 0 aromatic heterocycles. The van der Waals surface area contributed by atoms with Gasteiger partial charge in [0, 0.05) is 36.4 Å². The Hall–Kier alpha value is -7.76. The van der Waals surface area contributed by atoms with E-state index >= 15 is 0 Å². The maximum Gasteiger partial charge on any atom is 0.0601 e. The van der Waals surface area contributed by atoms with Gasteiger partial charge in [-0.2, -0.15) is 0 Å². The average Bonchev–Trinajstić information content (AvgIpc) is 3.63. The molecular weight excluding hydrogens is 873 g/mol. The van der Waals surface area contributed by atoms with Crippen LogP contribution >= 0.6 is 23.5 Å². The first-order valence-corrected chi connectivity index (χ1v) is 25.4. The highest BCUT2D eigenvalue weighted by atomic mass is 32.2. The van der Waals surface area contributed by atoms with Gasteiger partial charge in [0.05, 0.1) is 22.7 Å². The normalized spacial score (nSPS) is 13.9. The smallest absolute Gasteiger partial charge is 0.0601 e. The van der Waals surface area contributed by atoms with E-state index in [2.05, 4.69) is 254 Å². The van der Waals surface area contributed by atoms with Crippen LogP contribution in [-0.2, 0) is 5.41 Å². The third-order valence-corrected chi connectivity index (χ3v) is 16.9. The van der Waals surface area contributed by atoms with Crippen LogP contribution in [0.3, 0.4) is 0 Å². The van der Waals surface area contributed by atoms with Gasteiger partial charge in [0.15, 0.2) is 0 Å². The second-order valence-corrected chi connectivity index (χ2v) is 21.0. The first kappa shape index (κ1) is 40.3. The number of hydrogen-bond donors (Lipinski definition) is 0. The quantitative estimate of drug-likeness (QED) is 0.159. The summed E-state index contributed by atoms with van der Waals surface area (Å²) in [7, 11) is 0. The summed E-state index contributed by atoms with van der Waals surface area (Å²) in [4.78, 5) is 9.94. The number of hydrogen-bond acceptors (Lipinski definition) is 4. The van der Waals surface area contributed by atoms with Crippen molar-refractivity contribution in [2.45, 2.75) is 38.8 Å². The van der Waals surface area contributed by atoms with Gasteiger partial charge >= 0.3 is 0 Å². The Balaban J connectivity index is 1.08. The van der Waals surface area contributed by atoms with Gasteiger partial charge in [-0.05, 0) is 156 Å². The maximum absolute atomic E-state index is 2.51. The molecule has 0 bridgehead atoms. The molecule has 14 rings (SSSR count). The van der Waals surface area contributed by atoms with Gasteiger partial charge in [-0.25, -0.2) is 0 Å². The third kappa shape index (κ3) is 6.29. The van der Waals surface area contributed by atoms with E-state index in [0.717, 1.165) is 11.4 Å². The van der Waals surface area contributed by atoms with E-state index in [1.807, 2.05) is 23.5 Å². The third-order valence-electron chi connectivity index (χ3n) is 14.6. The van der Waals surface area contributed by atoms with Crippen molar-refractivity contribution in [1.29, 1.82) is 0 Å². The number of benzene rings is 11. The highest BCUT2D eigenvalue weighted by Crippen LogP contribution is 2.56. The van der Waals surface area contributed by atoms with Crippen molar-refractivity contribution in [2.75, 3.05) is 9.80 Å². The zero-order valence-corrected chi connectivity index (χ0v) is 39.8. The maximum atomic E-state index is 2.51. The number of para-hydroxylation sites is 4.